The van der Waals surface area contributed by atoms with E-state index in [1.54, 1.807) is 6.20 Å². The van der Waals surface area contributed by atoms with E-state index in [1.807, 2.05) is 17.2 Å². The van der Waals surface area contributed by atoms with Gasteiger partial charge in [0.2, 0.25) is 5.91 Å². The number of aromatic nitrogens is 1. The van der Waals surface area contributed by atoms with Crippen LogP contribution in [0.4, 0.5) is 0 Å². The summed E-state index contributed by atoms with van der Waals surface area (Å²) < 4.78 is 0. The number of hydrogen-bond donors (Lipinski definition) is 1. The molecule has 1 aromatic rings. The molecule has 5 heteroatoms. The molecule has 1 aliphatic heterocycles. The zero-order valence-corrected chi connectivity index (χ0v) is 12.9. The lowest BCUT2D eigenvalue weighted by Crippen LogP contribution is -2.52. The third-order valence-electron chi connectivity index (χ3n) is 4.00. The average Bonchev–Trinajstić information content (AvgIpc) is 2.53. The Kier molecular flexibility index (Phi) is 6.14. The Morgan fingerprint density at radius 3 is 2.76 bits per heavy atom. The van der Waals surface area contributed by atoms with E-state index in [4.69, 9.17) is 5.73 Å². The number of unbranched alkanes of at least 4 members (excludes halogenated alkanes) is 1. The minimum atomic E-state index is -0.324. The van der Waals surface area contributed by atoms with Gasteiger partial charge in [-0.25, -0.2) is 0 Å². The van der Waals surface area contributed by atoms with Gasteiger partial charge in [0.15, 0.2) is 0 Å². The third-order valence-corrected chi connectivity index (χ3v) is 4.00. The number of rotatable bonds is 6. The molecule has 0 aromatic carbocycles. The SMILES string of the molecule is CCCCC(N)C(=O)N1CCN(Cc2cccnc2)CC1. The maximum atomic E-state index is 12.2. The van der Waals surface area contributed by atoms with Crippen LogP contribution in [0.2, 0.25) is 0 Å². The fourth-order valence-corrected chi connectivity index (χ4v) is 2.66. The van der Waals surface area contributed by atoms with Crippen LogP contribution in [-0.2, 0) is 11.3 Å². The van der Waals surface area contributed by atoms with Crippen LogP contribution in [0.1, 0.15) is 31.7 Å². The molecule has 21 heavy (non-hydrogen) atoms. The summed E-state index contributed by atoms with van der Waals surface area (Å²) in [6.45, 7) is 6.38. The number of nitrogens with two attached hydrogens (primary N) is 1. The second kappa shape index (κ2) is 8.10. The quantitative estimate of drug-likeness (QED) is 0.856. The molecule has 1 fully saturated rings. The Hall–Kier alpha value is -1.46. The minimum Gasteiger partial charge on any atom is -0.339 e. The summed E-state index contributed by atoms with van der Waals surface area (Å²) in [5.74, 6) is 0.115. The van der Waals surface area contributed by atoms with Crippen molar-refractivity contribution in [1.29, 1.82) is 0 Å². The highest BCUT2D eigenvalue weighted by Gasteiger charge is 2.24. The van der Waals surface area contributed by atoms with E-state index in [2.05, 4.69) is 22.9 Å². The number of nitrogens with zero attached hydrogens (tertiary/aromatic N) is 3. The van der Waals surface area contributed by atoms with Crippen molar-refractivity contribution in [2.45, 2.75) is 38.8 Å². The van der Waals surface area contributed by atoms with Crippen LogP contribution >= 0.6 is 0 Å². The highest BCUT2D eigenvalue weighted by molar-refractivity contribution is 5.81. The Balaban J connectivity index is 1.76. The first-order valence-electron chi connectivity index (χ1n) is 7.86. The molecule has 2 N–H and O–H groups in total. The van der Waals surface area contributed by atoms with Crippen molar-refractivity contribution in [2.24, 2.45) is 5.73 Å². The topological polar surface area (TPSA) is 62.5 Å². The van der Waals surface area contributed by atoms with Crippen molar-refractivity contribution in [2.75, 3.05) is 26.2 Å². The van der Waals surface area contributed by atoms with Gasteiger partial charge in [0.05, 0.1) is 6.04 Å². The average molecular weight is 290 g/mol. The van der Waals surface area contributed by atoms with E-state index < -0.39 is 0 Å². The van der Waals surface area contributed by atoms with Crippen LogP contribution in [0.25, 0.3) is 0 Å². The van der Waals surface area contributed by atoms with Crippen LogP contribution in [-0.4, -0.2) is 52.9 Å². The number of pyridine rings is 1. The highest BCUT2D eigenvalue weighted by atomic mass is 16.2. The first-order valence-corrected chi connectivity index (χ1v) is 7.86. The second-order valence-corrected chi connectivity index (χ2v) is 5.71. The van der Waals surface area contributed by atoms with Crippen molar-refractivity contribution < 1.29 is 4.79 Å². The Labute approximate surface area is 127 Å². The van der Waals surface area contributed by atoms with Gasteiger partial charge in [0.25, 0.3) is 0 Å². The summed E-state index contributed by atoms with van der Waals surface area (Å²) in [4.78, 5) is 20.7. The molecule has 0 saturated carbocycles. The van der Waals surface area contributed by atoms with E-state index in [0.29, 0.717) is 0 Å². The van der Waals surface area contributed by atoms with Gasteiger partial charge < -0.3 is 10.6 Å². The number of hydrogen-bond acceptors (Lipinski definition) is 4. The summed E-state index contributed by atoms with van der Waals surface area (Å²) in [6.07, 6.45) is 6.59. The molecular weight excluding hydrogens is 264 g/mol. The standard InChI is InChI=1S/C16H26N4O/c1-2-3-6-15(17)16(21)20-10-8-19(9-11-20)13-14-5-4-7-18-12-14/h4-5,7,12,15H,2-3,6,8-11,13,17H2,1H3. The smallest absolute Gasteiger partial charge is 0.239 e. The molecule has 1 aromatic heterocycles. The number of amides is 1. The number of piperazine rings is 1. The van der Waals surface area contributed by atoms with Gasteiger partial charge in [0, 0.05) is 45.1 Å². The van der Waals surface area contributed by atoms with E-state index in [9.17, 15) is 4.79 Å². The number of carbonyl (C=O) groups excluding carboxylic acids is 1. The van der Waals surface area contributed by atoms with Crippen LogP contribution in [0.15, 0.2) is 24.5 Å². The summed E-state index contributed by atoms with van der Waals surface area (Å²) in [5, 5.41) is 0. The van der Waals surface area contributed by atoms with E-state index in [0.717, 1.165) is 52.0 Å². The van der Waals surface area contributed by atoms with Crippen LogP contribution < -0.4 is 5.73 Å². The molecule has 2 heterocycles. The van der Waals surface area contributed by atoms with Crippen LogP contribution in [0, 0.1) is 0 Å². The van der Waals surface area contributed by atoms with Gasteiger partial charge in [-0.1, -0.05) is 25.8 Å². The molecule has 0 aliphatic carbocycles. The van der Waals surface area contributed by atoms with Crippen molar-refractivity contribution in [3.05, 3.63) is 30.1 Å². The molecule has 0 spiro atoms. The van der Waals surface area contributed by atoms with Gasteiger partial charge in [-0.15, -0.1) is 0 Å². The molecule has 1 amide bonds. The zero-order valence-electron chi connectivity index (χ0n) is 12.9. The van der Waals surface area contributed by atoms with Gasteiger partial charge in [0.1, 0.15) is 0 Å². The fraction of sp³-hybridized carbons (Fsp3) is 0.625. The molecule has 116 valence electrons. The van der Waals surface area contributed by atoms with Crippen molar-refractivity contribution in [1.82, 2.24) is 14.8 Å². The lowest BCUT2D eigenvalue weighted by molar-refractivity contribution is -0.134. The lowest BCUT2D eigenvalue weighted by atomic mass is 10.1. The third kappa shape index (κ3) is 4.79. The predicted octanol–water partition coefficient (Wildman–Crippen LogP) is 1.24. The van der Waals surface area contributed by atoms with Crippen molar-refractivity contribution >= 4 is 5.91 Å². The zero-order chi connectivity index (χ0) is 15.1. The summed E-state index contributed by atoms with van der Waals surface area (Å²) in [5.41, 5.74) is 7.20. The molecule has 2 rings (SSSR count). The van der Waals surface area contributed by atoms with E-state index in [1.165, 1.54) is 5.56 Å². The van der Waals surface area contributed by atoms with Crippen LogP contribution in [0.3, 0.4) is 0 Å². The fourth-order valence-electron chi connectivity index (χ4n) is 2.66. The van der Waals surface area contributed by atoms with E-state index >= 15 is 0 Å². The Morgan fingerprint density at radius 2 is 2.14 bits per heavy atom. The summed E-state index contributed by atoms with van der Waals surface area (Å²) >= 11 is 0. The lowest BCUT2D eigenvalue weighted by Gasteiger charge is -2.35. The first kappa shape index (κ1) is 15.9. The van der Waals surface area contributed by atoms with Gasteiger partial charge in [-0.05, 0) is 18.1 Å². The van der Waals surface area contributed by atoms with Crippen LogP contribution in [0.5, 0.6) is 0 Å². The van der Waals surface area contributed by atoms with Crippen molar-refractivity contribution in [3.8, 4) is 0 Å². The summed E-state index contributed by atoms with van der Waals surface area (Å²) in [6, 6.07) is 3.72. The Morgan fingerprint density at radius 1 is 1.38 bits per heavy atom. The maximum Gasteiger partial charge on any atom is 0.239 e. The largest absolute Gasteiger partial charge is 0.339 e. The van der Waals surface area contributed by atoms with Gasteiger partial charge >= 0.3 is 0 Å². The molecule has 1 atom stereocenters. The molecule has 1 saturated heterocycles. The molecule has 1 aliphatic rings. The Bertz CT molecular complexity index is 429. The minimum absolute atomic E-state index is 0.115. The van der Waals surface area contributed by atoms with Gasteiger partial charge in [-0.3, -0.25) is 14.7 Å². The van der Waals surface area contributed by atoms with Gasteiger partial charge in [-0.2, -0.15) is 0 Å². The maximum absolute atomic E-state index is 12.2. The molecule has 1 unspecified atom stereocenters. The molecule has 0 radical (unpaired) electrons. The molecular formula is C16H26N4O. The monoisotopic (exact) mass is 290 g/mol. The first-order chi connectivity index (χ1) is 10.2. The molecule has 0 bridgehead atoms. The highest BCUT2D eigenvalue weighted by Crippen LogP contribution is 2.10. The van der Waals surface area contributed by atoms with Crippen molar-refractivity contribution in [3.63, 3.8) is 0 Å². The van der Waals surface area contributed by atoms with E-state index in [-0.39, 0.29) is 11.9 Å². The molecule has 5 nitrogen and oxygen atoms in total. The normalized spacial score (nSPS) is 17.7. The second-order valence-electron chi connectivity index (χ2n) is 5.71. The summed E-state index contributed by atoms with van der Waals surface area (Å²) in [7, 11) is 0. The predicted molar refractivity (Wildman–Crippen MR) is 83.6 cm³/mol. The number of carbonyl (C=O) groups is 1.